The van der Waals surface area contributed by atoms with Crippen molar-refractivity contribution in [2.24, 2.45) is 0 Å². The standard InChI is InChI=1S/C63H112O12/c1-4-7-10-13-16-19-22-24-26-28-30-32-35-37-40-43-46-49-55(64)71-52-54(73-56(65)50-47-44-41-38-34-21-18-15-12-9-6-3)53-72-63-61(59(68)58(67)60(75-63)62(69)70)74-57(66)51-48-45-42-39-36-33-31-29-27-25-23-20-17-14-11-8-5-2/h15,17-18,20,25,27,54,58-61,63,67-68H,4-14,16,19,21-24,26,28-53H2,1-3H3,(H,69,70)/b18-15-,20-17-,27-25-. The second-order valence-electron chi connectivity index (χ2n) is 21.3. The zero-order chi connectivity index (χ0) is 54.7. The maximum absolute atomic E-state index is 13.1. The molecule has 6 unspecified atom stereocenters. The van der Waals surface area contributed by atoms with Crippen LogP contribution in [-0.2, 0) is 42.9 Å². The van der Waals surface area contributed by atoms with Gasteiger partial charge in [0.25, 0.3) is 0 Å². The maximum Gasteiger partial charge on any atom is 0.335 e. The van der Waals surface area contributed by atoms with E-state index in [1.165, 1.54) is 116 Å². The molecule has 1 rings (SSSR count). The lowest BCUT2D eigenvalue weighted by molar-refractivity contribution is -0.301. The van der Waals surface area contributed by atoms with Gasteiger partial charge in [-0.15, -0.1) is 0 Å². The zero-order valence-electron chi connectivity index (χ0n) is 48.1. The number of hydrogen-bond acceptors (Lipinski definition) is 11. The Balaban J connectivity index is 2.64. The number of unbranched alkanes of at least 4 members (excludes halogenated alkanes) is 33. The van der Waals surface area contributed by atoms with Crippen LogP contribution in [0, 0.1) is 0 Å². The zero-order valence-corrected chi connectivity index (χ0v) is 48.1. The Morgan fingerprint density at radius 3 is 1.28 bits per heavy atom. The third-order valence-corrected chi connectivity index (χ3v) is 14.2. The molecule has 6 atom stereocenters. The van der Waals surface area contributed by atoms with Gasteiger partial charge in [-0.3, -0.25) is 14.4 Å². The Hall–Kier alpha value is -3.06. The van der Waals surface area contributed by atoms with Gasteiger partial charge in [0.15, 0.2) is 24.6 Å². The van der Waals surface area contributed by atoms with Crippen molar-refractivity contribution >= 4 is 23.9 Å². The van der Waals surface area contributed by atoms with Crippen molar-refractivity contribution in [2.75, 3.05) is 13.2 Å². The lowest BCUT2D eigenvalue weighted by atomic mass is 9.98. The van der Waals surface area contributed by atoms with E-state index < -0.39 is 67.3 Å². The molecule has 0 amide bonds. The summed E-state index contributed by atoms with van der Waals surface area (Å²) in [6.07, 6.45) is 48.3. The Morgan fingerprint density at radius 1 is 0.440 bits per heavy atom. The fourth-order valence-corrected chi connectivity index (χ4v) is 9.38. The number of carbonyl (C=O) groups is 4. The first kappa shape index (κ1) is 70.0. The molecule has 1 aliphatic rings. The number of carboxylic acids is 1. The van der Waals surface area contributed by atoms with E-state index in [2.05, 4.69) is 57.2 Å². The Labute approximate surface area is 457 Å². The largest absolute Gasteiger partial charge is 0.479 e. The van der Waals surface area contributed by atoms with Crippen molar-refractivity contribution in [3.05, 3.63) is 36.5 Å². The van der Waals surface area contributed by atoms with E-state index in [4.69, 9.17) is 23.7 Å². The van der Waals surface area contributed by atoms with Gasteiger partial charge >= 0.3 is 23.9 Å². The number of allylic oxidation sites excluding steroid dienone is 6. The lowest BCUT2D eigenvalue weighted by Gasteiger charge is -2.40. The molecule has 0 radical (unpaired) electrons. The third-order valence-electron chi connectivity index (χ3n) is 14.2. The summed E-state index contributed by atoms with van der Waals surface area (Å²) in [4.78, 5) is 51.1. The van der Waals surface area contributed by atoms with Gasteiger partial charge in [-0.05, 0) is 70.6 Å². The topological polar surface area (TPSA) is 175 Å². The molecule has 0 aromatic heterocycles. The van der Waals surface area contributed by atoms with Gasteiger partial charge < -0.3 is 39.0 Å². The van der Waals surface area contributed by atoms with E-state index in [-0.39, 0.29) is 25.9 Å². The number of aliphatic carboxylic acids is 1. The molecule has 0 saturated carbocycles. The van der Waals surface area contributed by atoms with Crippen LogP contribution in [0.3, 0.4) is 0 Å². The smallest absolute Gasteiger partial charge is 0.335 e. The van der Waals surface area contributed by atoms with Gasteiger partial charge in [0.1, 0.15) is 18.8 Å². The normalized spacial score (nSPS) is 18.3. The first-order chi connectivity index (χ1) is 36.6. The fourth-order valence-electron chi connectivity index (χ4n) is 9.38. The van der Waals surface area contributed by atoms with Crippen LogP contribution >= 0.6 is 0 Å². The molecule has 12 nitrogen and oxygen atoms in total. The molecule has 1 heterocycles. The van der Waals surface area contributed by atoms with E-state index in [0.717, 1.165) is 116 Å². The van der Waals surface area contributed by atoms with E-state index >= 15 is 0 Å². The summed E-state index contributed by atoms with van der Waals surface area (Å²) in [6, 6.07) is 0. The van der Waals surface area contributed by atoms with Crippen LogP contribution in [0.15, 0.2) is 36.5 Å². The first-order valence-corrected chi connectivity index (χ1v) is 31.0. The number of ether oxygens (including phenoxy) is 5. The Bertz CT molecular complexity index is 1450. The molecule has 0 spiro atoms. The molecule has 1 saturated heterocycles. The quantitative estimate of drug-likeness (QED) is 0.0228. The van der Waals surface area contributed by atoms with Crippen molar-refractivity contribution in [3.8, 4) is 0 Å². The summed E-state index contributed by atoms with van der Waals surface area (Å²) in [5.41, 5.74) is 0. The van der Waals surface area contributed by atoms with Crippen molar-refractivity contribution in [1.82, 2.24) is 0 Å². The summed E-state index contributed by atoms with van der Waals surface area (Å²) in [5, 5.41) is 31.5. The van der Waals surface area contributed by atoms with Crippen LogP contribution in [0.5, 0.6) is 0 Å². The number of esters is 3. The molecule has 0 aromatic carbocycles. The van der Waals surface area contributed by atoms with E-state index in [9.17, 15) is 34.5 Å². The van der Waals surface area contributed by atoms with E-state index in [0.29, 0.717) is 19.3 Å². The highest BCUT2D eigenvalue weighted by Gasteiger charge is 2.50. The second-order valence-corrected chi connectivity index (χ2v) is 21.3. The highest BCUT2D eigenvalue weighted by molar-refractivity contribution is 5.74. The molecule has 12 heteroatoms. The fraction of sp³-hybridized carbons (Fsp3) is 0.841. The molecule has 436 valence electrons. The summed E-state index contributed by atoms with van der Waals surface area (Å²) >= 11 is 0. The van der Waals surface area contributed by atoms with E-state index in [1.54, 1.807) is 0 Å². The van der Waals surface area contributed by atoms with Crippen molar-refractivity contribution < 1.29 is 58.2 Å². The number of hydrogen-bond donors (Lipinski definition) is 3. The summed E-state index contributed by atoms with van der Waals surface area (Å²) < 4.78 is 28.4. The molecule has 0 bridgehead atoms. The van der Waals surface area contributed by atoms with Gasteiger partial charge in [-0.25, -0.2) is 4.79 Å². The number of carbonyl (C=O) groups excluding carboxylic acids is 3. The molecule has 0 aliphatic carbocycles. The van der Waals surface area contributed by atoms with Crippen LogP contribution in [-0.4, -0.2) is 89.2 Å². The van der Waals surface area contributed by atoms with Gasteiger partial charge in [-0.1, -0.05) is 237 Å². The number of aliphatic hydroxyl groups excluding tert-OH is 2. The number of rotatable bonds is 53. The molecule has 75 heavy (non-hydrogen) atoms. The summed E-state index contributed by atoms with van der Waals surface area (Å²) in [6.45, 7) is 5.95. The maximum atomic E-state index is 13.1. The minimum absolute atomic E-state index is 0.0535. The third kappa shape index (κ3) is 41.7. The van der Waals surface area contributed by atoms with Gasteiger partial charge in [0, 0.05) is 19.3 Å². The van der Waals surface area contributed by atoms with Gasteiger partial charge in [0.2, 0.25) is 0 Å². The minimum Gasteiger partial charge on any atom is -0.479 e. The Kier molecular flexibility index (Phi) is 48.2. The summed E-state index contributed by atoms with van der Waals surface area (Å²) in [5.74, 6) is -3.11. The van der Waals surface area contributed by atoms with Crippen LogP contribution in [0.4, 0.5) is 0 Å². The highest BCUT2D eigenvalue weighted by atomic mass is 16.7. The molecule has 1 aliphatic heterocycles. The second kappa shape index (κ2) is 51.7. The molecule has 1 fully saturated rings. The van der Waals surface area contributed by atoms with Crippen LogP contribution in [0.2, 0.25) is 0 Å². The van der Waals surface area contributed by atoms with Crippen molar-refractivity contribution in [3.63, 3.8) is 0 Å². The van der Waals surface area contributed by atoms with Gasteiger partial charge in [-0.2, -0.15) is 0 Å². The minimum atomic E-state index is -1.90. The Morgan fingerprint density at radius 2 is 0.813 bits per heavy atom. The predicted octanol–water partition coefficient (Wildman–Crippen LogP) is 16.0. The average Bonchev–Trinajstić information content (AvgIpc) is 3.39. The number of aliphatic hydroxyl groups is 2. The molecule has 3 N–H and O–H groups in total. The van der Waals surface area contributed by atoms with Crippen molar-refractivity contribution in [1.29, 1.82) is 0 Å². The summed E-state index contributed by atoms with van der Waals surface area (Å²) in [7, 11) is 0. The first-order valence-electron chi connectivity index (χ1n) is 31.0. The van der Waals surface area contributed by atoms with Crippen molar-refractivity contribution in [2.45, 2.75) is 327 Å². The molecular formula is C63H112O12. The lowest BCUT2D eigenvalue weighted by Crippen LogP contribution is -2.61. The number of carboxylic acid groups (broad SMARTS) is 1. The highest BCUT2D eigenvalue weighted by Crippen LogP contribution is 2.27. The SMILES string of the molecule is CCCC/C=C\CCCCCCCC(=O)OC(COC(=O)CCCCCCCCCCCCCCCCCCC)COC1OC(C(=O)O)C(O)C(O)C1OC(=O)CCCCCCCCC/C=C\C/C=C\CCCCC. The monoisotopic (exact) mass is 1060 g/mol. The van der Waals surface area contributed by atoms with Crippen LogP contribution in [0.25, 0.3) is 0 Å². The molecule has 0 aromatic rings. The average molecular weight is 1060 g/mol. The predicted molar refractivity (Wildman–Crippen MR) is 303 cm³/mol. The van der Waals surface area contributed by atoms with Crippen LogP contribution < -0.4 is 0 Å². The van der Waals surface area contributed by atoms with Crippen LogP contribution in [0.1, 0.15) is 290 Å². The molecular weight excluding hydrogens is 949 g/mol. The van der Waals surface area contributed by atoms with E-state index in [1.807, 2.05) is 0 Å². The van der Waals surface area contributed by atoms with Gasteiger partial charge in [0.05, 0.1) is 6.61 Å².